The fourth-order valence-electron chi connectivity index (χ4n) is 9.24. The number of hydrogen-bond acceptors (Lipinski definition) is 3. The van der Waals surface area contributed by atoms with Gasteiger partial charge in [0.1, 0.15) is 0 Å². The Kier molecular flexibility index (Phi) is 8.56. The first kappa shape index (κ1) is 35.8. The molecule has 0 unspecified atom stereocenters. The number of para-hydroxylation sites is 2. The molecule has 5 heteroatoms. The Hall–Kier alpha value is -8.15. The Balaban J connectivity index is 0.937. The molecule has 0 fully saturated rings. The second-order valence-electron chi connectivity index (χ2n) is 16.0. The summed E-state index contributed by atoms with van der Waals surface area (Å²) in [7, 11) is 0. The molecular formula is C57H39N5. The molecule has 0 saturated heterocycles. The fourth-order valence-corrected chi connectivity index (χ4v) is 9.24. The van der Waals surface area contributed by atoms with Crippen molar-refractivity contribution in [2.45, 2.75) is 12.8 Å². The lowest BCUT2D eigenvalue weighted by atomic mass is 9.99. The SMILES string of the molecule is C1=Cc2c(n(-c3ccccc3)c3cc4c5ccccc5n(-c5ccc(-c6nc(-c7ccccc7)nc(-c7ccc(-c8ccc(-c9ccccc9)cc8)cc7)n6)cc5)c4cc23)CC1. The molecule has 1 aliphatic rings. The van der Waals surface area contributed by atoms with Crippen LogP contribution in [-0.2, 0) is 6.42 Å². The van der Waals surface area contributed by atoms with Crippen molar-refractivity contribution < 1.29 is 0 Å². The van der Waals surface area contributed by atoms with Crippen LogP contribution in [-0.4, -0.2) is 24.1 Å². The predicted molar refractivity (Wildman–Crippen MR) is 256 cm³/mol. The first-order valence-corrected chi connectivity index (χ1v) is 21.2. The van der Waals surface area contributed by atoms with Gasteiger partial charge >= 0.3 is 0 Å². The Morgan fingerprint density at radius 2 is 0.774 bits per heavy atom. The van der Waals surface area contributed by atoms with Gasteiger partial charge < -0.3 is 9.13 Å². The molecule has 0 N–H and O–H groups in total. The highest BCUT2D eigenvalue weighted by Gasteiger charge is 2.22. The highest BCUT2D eigenvalue weighted by Crippen LogP contribution is 2.41. The Bertz CT molecular complexity index is 3460. The smallest absolute Gasteiger partial charge is 0.164 e. The molecule has 3 heterocycles. The van der Waals surface area contributed by atoms with Crippen molar-refractivity contribution in [3.63, 3.8) is 0 Å². The molecule has 5 nitrogen and oxygen atoms in total. The first-order valence-electron chi connectivity index (χ1n) is 21.2. The van der Waals surface area contributed by atoms with E-state index in [0.717, 1.165) is 46.3 Å². The first-order chi connectivity index (χ1) is 30.7. The van der Waals surface area contributed by atoms with E-state index in [-0.39, 0.29) is 0 Å². The van der Waals surface area contributed by atoms with E-state index in [4.69, 9.17) is 15.0 Å². The van der Waals surface area contributed by atoms with Gasteiger partial charge in [0, 0.05) is 55.5 Å². The van der Waals surface area contributed by atoms with Crippen LogP contribution in [0.4, 0.5) is 0 Å². The number of aromatic nitrogens is 5. The standard InChI is InChI=1S/C57H39N5/c1-4-14-38(15-5-1)39-24-26-40(27-25-39)41-28-30-43(31-29-41)56-58-55(42-16-6-2-7-17-42)59-57(60-56)44-32-34-46(35-33-44)62-52-23-13-11-21-48(52)50-36-53-49(37-54(50)62)47-20-10-12-22-51(47)61(53)45-18-8-3-9-19-45/h1-11,13-21,23-37H,12,22H2. The molecule has 11 aromatic rings. The van der Waals surface area contributed by atoms with Gasteiger partial charge in [0.05, 0.1) is 16.6 Å². The van der Waals surface area contributed by atoms with Crippen molar-refractivity contribution >= 4 is 38.8 Å². The van der Waals surface area contributed by atoms with Gasteiger partial charge in [-0.1, -0.05) is 158 Å². The zero-order chi connectivity index (χ0) is 41.0. The lowest BCUT2D eigenvalue weighted by Crippen LogP contribution is -2.02. The summed E-state index contributed by atoms with van der Waals surface area (Å²) in [5, 5.41) is 3.73. The molecule has 0 aliphatic heterocycles. The molecule has 1 aliphatic carbocycles. The Morgan fingerprint density at radius 1 is 0.339 bits per heavy atom. The van der Waals surface area contributed by atoms with Gasteiger partial charge in [-0.3, -0.25) is 0 Å². The monoisotopic (exact) mass is 793 g/mol. The van der Waals surface area contributed by atoms with Crippen LogP contribution in [0.15, 0.2) is 206 Å². The van der Waals surface area contributed by atoms with Gasteiger partial charge in [0.15, 0.2) is 17.5 Å². The molecule has 0 spiro atoms. The summed E-state index contributed by atoms with van der Waals surface area (Å²) >= 11 is 0. The number of allylic oxidation sites excluding steroid dienone is 1. The van der Waals surface area contributed by atoms with Crippen LogP contribution < -0.4 is 0 Å². The van der Waals surface area contributed by atoms with Crippen LogP contribution in [0.1, 0.15) is 17.7 Å². The van der Waals surface area contributed by atoms with E-state index in [0.29, 0.717) is 17.5 Å². The average Bonchev–Trinajstić information content (AvgIpc) is 3.86. The molecule has 0 atom stereocenters. The molecule has 0 saturated carbocycles. The summed E-state index contributed by atoms with van der Waals surface area (Å²) < 4.78 is 4.87. The van der Waals surface area contributed by atoms with Crippen molar-refractivity contribution in [3.8, 4) is 67.8 Å². The predicted octanol–water partition coefficient (Wildman–Crippen LogP) is 14.2. The molecule has 0 bridgehead atoms. The summed E-state index contributed by atoms with van der Waals surface area (Å²) in [6, 6.07) is 70.9. The number of benzene rings is 8. The van der Waals surface area contributed by atoms with E-state index in [1.807, 2.05) is 36.4 Å². The van der Waals surface area contributed by atoms with Crippen molar-refractivity contribution in [1.82, 2.24) is 24.1 Å². The maximum absolute atomic E-state index is 5.10. The van der Waals surface area contributed by atoms with Crippen LogP contribution in [0.25, 0.3) is 107 Å². The molecule has 292 valence electrons. The maximum Gasteiger partial charge on any atom is 0.164 e. The third-order valence-electron chi connectivity index (χ3n) is 12.3. The topological polar surface area (TPSA) is 48.5 Å². The second kappa shape index (κ2) is 14.8. The minimum absolute atomic E-state index is 0.630. The third kappa shape index (κ3) is 6.13. The summed E-state index contributed by atoms with van der Waals surface area (Å²) in [4.78, 5) is 15.2. The normalized spacial score (nSPS) is 12.3. The van der Waals surface area contributed by atoms with Gasteiger partial charge in [-0.2, -0.15) is 0 Å². The molecular weight excluding hydrogens is 755 g/mol. The van der Waals surface area contributed by atoms with E-state index in [1.165, 1.54) is 60.8 Å². The van der Waals surface area contributed by atoms with Crippen molar-refractivity contribution in [2.24, 2.45) is 0 Å². The number of fused-ring (bicyclic) bond motifs is 6. The van der Waals surface area contributed by atoms with Crippen LogP contribution >= 0.6 is 0 Å². The quantitative estimate of drug-likeness (QED) is 0.161. The lowest BCUT2D eigenvalue weighted by molar-refractivity contribution is 0.889. The summed E-state index contributed by atoms with van der Waals surface area (Å²) in [6.07, 6.45) is 6.69. The summed E-state index contributed by atoms with van der Waals surface area (Å²) in [6.45, 7) is 0. The Labute approximate surface area is 359 Å². The van der Waals surface area contributed by atoms with Gasteiger partial charge in [-0.15, -0.1) is 0 Å². The van der Waals surface area contributed by atoms with Gasteiger partial charge in [-0.05, 0) is 89.7 Å². The van der Waals surface area contributed by atoms with Crippen LogP contribution in [0.5, 0.6) is 0 Å². The van der Waals surface area contributed by atoms with Gasteiger partial charge in [0.25, 0.3) is 0 Å². The minimum Gasteiger partial charge on any atom is -0.313 e. The minimum atomic E-state index is 0.630. The maximum atomic E-state index is 5.10. The number of rotatable bonds is 7. The number of nitrogens with zero attached hydrogens (tertiary/aromatic N) is 5. The highest BCUT2D eigenvalue weighted by atomic mass is 15.0. The van der Waals surface area contributed by atoms with Crippen molar-refractivity contribution in [2.75, 3.05) is 0 Å². The van der Waals surface area contributed by atoms with E-state index in [9.17, 15) is 0 Å². The van der Waals surface area contributed by atoms with E-state index < -0.39 is 0 Å². The van der Waals surface area contributed by atoms with Crippen LogP contribution in [0.3, 0.4) is 0 Å². The molecule has 0 amide bonds. The van der Waals surface area contributed by atoms with Crippen LogP contribution in [0.2, 0.25) is 0 Å². The molecule has 62 heavy (non-hydrogen) atoms. The largest absolute Gasteiger partial charge is 0.313 e. The zero-order valence-corrected chi connectivity index (χ0v) is 33.9. The second-order valence-corrected chi connectivity index (χ2v) is 16.0. The summed E-state index contributed by atoms with van der Waals surface area (Å²) in [5.41, 5.74) is 16.1. The van der Waals surface area contributed by atoms with E-state index in [1.54, 1.807) is 0 Å². The Morgan fingerprint density at radius 3 is 1.39 bits per heavy atom. The summed E-state index contributed by atoms with van der Waals surface area (Å²) in [5.74, 6) is 1.90. The van der Waals surface area contributed by atoms with Gasteiger partial charge in [-0.25, -0.2) is 15.0 Å². The zero-order valence-electron chi connectivity index (χ0n) is 33.9. The van der Waals surface area contributed by atoms with E-state index >= 15 is 0 Å². The average molecular weight is 794 g/mol. The number of hydrogen-bond donors (Lipinski definition) is 0. The van der Waals surface area contributed by atoms with E-state index in [2.05, 4.69) is 185 Å². The molecule has 12 rings (SSSR count). The highest BCUT2D eigenvalue weighted by molar-refractivity contribution is 6.14. The van der Waals surface area contributed by atoms with Crippen molar-refractivity contribution in [3.05, 3.63) is 218 Å². The van der Waals surface area contributed by atoms with Crippen LogP contribution in [0, 0.1) is 0 Å². The van der Waals surface area contributed by atoms with Crippen molar-refractivity contribution in [1.29, 1.82) is 0 Å². The third-order valence-corrected chi connectivity index (χ3v) is 12.3. The molecule has 3 aromatic heterocycles. The van der Waals surface area contributed by atoms with Gasteiger partial charge in [0.2, 0.25) is 0 Å². The molecule has 8 aromatic carbocycles. The lowest BCUT2D eigenvalue weighted by Gasteiger charge is -2.13. The fraction of sp³-hybridized carbons (Fsp3) is 0.0351. The molecule has 0 radical (unpaired) electrons.